The smallest absolute Gasteiger partial charge is 0.323 e. The summed E-state index contributed by atoms with van der Waals surface area (Å²) in [7, 11) is 0. The first-order valence-corrected chi connectivity index (χ1v) is 6.53. The molecule has 0 radical (unpaired) electrons. The molecule has 0 saturated heterocycles. The fraction of sp³-hybridized carbons (Fsp3) is 0.467. The van der Waals surface area contributed by atoms with Crippen molar-refractivity contribution in [1.29, 1.82) is 0 Å². The van der Waals surface area contributed by atoms with Gasteiger partial charge in [0.1, 0.15) is 5.82 Å². The predicted molar refractivity (Wildman–Crippen MR) is 71.8 cm³/mol. The molecule has 0 saturated carbocycles. The van der Waals surface area contributed by atoms with Crippen molar-refractivity contribution in [3.63, 3.8) is 0 Å². The van der Waals surface area contributed by atoms with Gasteiger partial charge >= 0.3 is 11.9 Å². The van der Waals surface area contributed by atoms with Crippen molar-refractivity contribution in [2.24, 2.45) is 5.41 Å². The van der Waals surface area contributed by atoms with Crippen molar-refractivity contribution in [2.45, 2.75) is 33.6 Å². The zero-order valence-electron chi connectivity index (χ0n) is 11.9. The Morgan fingerprint density at radius 1 is 1.35 bits per heavy atom. The van der Waals surface area contributed by atoms with E-state index in [0.717, 1.165) is 5.56 Å². The molecule has 0 aliphatic carbocycles. The molecule has 1 N–H and O–H groups in total. The minimum absolute atomic E-state index is 0.0805. The number of hydrogen-bond donors (Lipinski definition) is 1. The Morgan fingerprint density at radius 3 is 2.50 bits per heavy atom. The molecular weight excluding hydrogens is 263 g/mol. The fourth-order valence-electron chi connectivity index (χ4n) is 2.08. The summed E-state index contributed by atoms with van der Waals surface area (Å²) in [6.07, 6.45) is -0.00161. The molecule has 0 aliphatic heterocycles. The molecule has 1 unspecified atom stereocenters. The van der Waals surface area contributed by atoms with E-state index >= 15 is 0 Å². The molecule has 110 valence electrons. The number of rotatable bonds is 6. The summed E-state index contributed by atoms with van der Waals surface area (Å²) in [5.41, 5.74) is -0.425. The Bertz CT molecular complexity index is 513. The van der Waals surface area contributed by atoms with E-state index in [1.807, 2.05) is 0 Å². The number of carboxylic acids is 1. The number of aryl methyl sites for hydroxylation is 1. The molecule has 0 aliphatic rings. The summed E-state index contributed by atoms with van der Waals surface area (Å²) >= 11 is 0. The molecule has 0 bridgehead atoms. The molecule has 0 fully saturated rings. The third kappa shape index (κ3) is 3.15. The summed E-state index contributed by atoms with van der Waals surface area (Å²) in [6.45, 7) is 5.09. The van der Waals surface area contributed by atoms with Gasteiger partial charge < -0.3 is 9.84 Å². The van der Waals surface area contributed by atoms with Crippen molar-refractivity contribution in [2.75, 3.05) is 6.61 Å². The van der Waals surface area contributed by atoms with Crippen LogP contribution >= 0.6 is 0 Å². The Labute approximate surface area is 117 Å². The SMILES string of the molecule is CCOC(=O)C(CC)(Cc1cc(F)ccc1C)C(=O)O. The molecule has 0 amide bonds. The van der Waals surface area contributed by atoms with Crippen LogP contribution in [0.5, 0.6) is 0 Å². The molecule has 0 heterocycles. The maximum absolute atomic E-state index is 13.3. The number of halogens is 1. The van der Waals surface area contributed by atoms with Gasteiger partial charge in [-0.3, -0.25) is 9.59 Å². The molecule has 0 aromatic heterocycles. The van der Waals surface area contributed by atoms with Gasteiger partial charge in [-0.15, -0.1) is 0 Å². The van der Waals surface area contributed by atoms with E-state index in [9.17, 15) is 19.1 Å². The minimum Gasteiger partial charge on any atom is -0.480 e. The van der Waals surface area contributed by atoms with Crippen molar-refractivity contribution < 1.29 is 23.8 Å². The number of ether oxygens (including phenoxy) is 1. The quantitative estimate of drug-likeness (QED) is 0.643. The van der Waals surface area contributed by atoms with Crippen molar-refractivity contribution in [3.05, 3.63) is 35.1 Å². The lowest BCUT2D eigenvalue weighted by Gasteiger charge is -2.26. The molecule has 1 rings (SSSR count). The zero-order valence-corrected chi connectivity index (χ0v) is 11.9. The van der Waals surface area contributed by atoms with Gasteiger partial charge in [0.15, 0.2) is 5.41 Å². The van der Waals surface area contributed by atoms with Crippen molar-refractivity contribution >= 4 is 11.9 Å². The van der Waals surface area contributed by atoms with E-state index in [1.54, 1.807) is 26.8 Å². The fourth-order valence-corrected chi connectivity index (χ4v) is 2.08. The molecular formula is C15H19FO4. The van der Waals surface area contributed by atoms with Crippen molar-refractivity contribution in [3.8, 4) is 0 Å². The summed E-state index contributed by atoms with van der Waals surface area (Å²) in [5.74, 6) is -2.48. The average molecular weight is 282 g/mol. The highest BCUT2D eigenvalue weighted by Gasteiger charge is 2.46. The van der Waals surface area contributed by atoms with Crippen LogP contribution in [0.4, 0.5) is 4.39 Å². The summed E-state index contributed by atoms with van der Waals surface area (Å²) in [4.78, 5) is 23.6. The van der Waals surface area contributed by atoms with Gasteiger partial charge in [0.05, 0.1) is 6.61 Å². The van der Waals surface area contributed by atoms with Gasteiger partial charge in [-0.2, -0.15) is 0 Å². The monoisotopic (exact) mass is 282 g/mol. The highest BCUT2D eigenvalue weighted by atomic mass is 19.1. The van der Waals surface area contributed by atoms with Crippen LogP contribution in [0.2, 0.25) is 0 Å². The normalized spacial score (nSPS) is 13.6. The zero-order chi connectivity index (χ0) is 15.3. The highest BCUT2D eigenvalue weighted by molar-refractivity contribution is 5.99. The summed E-state index contributed by atoms with van der Waals surface area (Å²) < 4.78 is 18.2. The highest BCUT2D eigenvalue weighted by Crippen LogP contribution is 2.31. The molecule has 4 nitrogen and oxygen atoms in total. The maximum atomic E-state index is 13.3. The van der Waals surface area contributed by atoms with Crippen LogP contribution < -0.4 is 0 Å². The van der Waals surface area contributed by atoms with E-state index < -0.39 is 23.2 Å². The number of carbonyl (C=O) groups is 2. The number of carboxylic acid groups (broad SMARTS) is 1. The maximum Gasteiger partial charge on any atom is 0.323 e. The number of aliphatic carboxylic acids is 1. The Kier molecular flexibility index (Phi) is 5.25. The lowest BCUT2D eigenvalue weighted by molar-refractivity contribution is -0.168. The number of esters is 1. The van der Waals surface area contributed by atoms with Crippen LogP contribution in [0.3, 0.4) is 0 Å². The predicted octanol–water partition coefficient (Wildman–Crippen LogP) is 2.72. The standard InChI is InChI=1S/C15H19FO4/c1-4-15(13(17)18,14(19)20-5-2)9-11-8-12(16)7-6-10(11)3/h6-8H,4-5,9H2,1-3H3,(H,17,18). The second-order valence-corrected chi connectivity index (χ2v) is 4.71. The van der Waals surface area contributed by atoms with Gasteiger partial charge in [-0.1, -0.05) is 13.0 Å². The van der Waals surface area contributed by atoms with Gasteiger partial charge in [0.25, 0.3) is 0 Å². The molecule has 0 spiro atoms. The number of benzene rings is 1. The Hall–Kier alpha value is -1.91. The largest absolute Gasteiger partial charge is 0.480 e. The van der Waals surface area contributed by atoms with Crippen LogP contribution in [0.25, 0.3) is 0 Å². The molecule has 1 aromatic rings. The lowest BCUT2D eigenvalue weighted by Crippen LogP contribution is -2.42. The van der Waals surface area contributed by atoms with Gasteiger partial charge in [-0.05, 0) is 49.9 Å². The molecule has 1 atom stereocenters. The first-order valence-electron chi connectivity index (χ1n) is 6.53. The van der Waals surface area contributed by atoms with Crippen LogP contribution in [0.15, 0.2) is 18.2 Å². The number of carbonyl (C=O) groups excluding carboxylic acids is 1. The second-order valence-electron chi connectivity index (χ2n) is 4.71. The van der Waals surface area contributed by atoms with Crippen LogP contribution in [-0.4, -0.2) is 23.7 Å². The van der Waals surface area contributed by atoms with E-state index in [4.69, 9.17) is 4.74 Å². The second kappa shape index (κ2) is 6.50. The molecule has 20 heavy (non-hydrogen) atoms. The van der Waals surface area contributed by atoms with E-state index in [-0.39, 0.29) is 19.4 Å². The van der Waals surface area contributed by atoms with E-state index in [0.29, 0.717) is 5.56 Å². The Morgan fingerprint density at radius 2 is 2.00 bits per heavy atom. The average Bonchev–Trinajstić information content (AvgIpc) is 2.39. The third-order valence-corrected chi connectivity index (χ3v) is 3.48. The number of hydrogen-bond acceptors (Lipinski definition) is 3. The third-order valence-electron chi connectivity index (χ3n) is 3.48. The van der Waals surface area contributed by atoms with Gasteiger partial charge in [-0.25, -0.2) is 4.39 Å². The van der Waals surface area contributed by atoms with Gasteiger partial charge in [0, 0.05) is 0 Å². The molecule has 1 aromatic carbocycles. The first kappa shape index (κ1) is 16.1. The van der Waals surface area contributed by atoms with E-state index in [2.05, 4.69) is 0 Å². The van der Waals surface area contributed by atoms with Crippen LogP contribution in [0.1, 0.15) is 31.4 Å². The summed E-state index contributed by atoms with van der Waals surface area (Å²) in [6, 6.07) is 4.14. The van der Waals surface area contributed by atoms with Gasteiger partial charge in [0.2, 0.25) is 0 Å². The topological polar surface area (TPSA) is 63.6 Å². The lowest BCUT2D eigenvalue weighted by atomic mass is 9.78. The molecule has 5 heteroatoms. The Balaban J connectivity index is 3.22. The minimum atomic E-state index is -1.67. The van der Waals surface area contributed by atoms with Crippen LogP contribution in [0, 0.1) is 18.2 Å². The van der Waals surface area contributed by atoms with Crippen LogP contribution in [-0.2, 0) is 20.7 Å². The summed E-state index contributed by atoms with van der Waals surface area (Å²) in [5, 5.41) is 9.45. The first-order chi connectivity index (χ1) is 9.37. The van der Waals surface area contributed by atoms with E-state index in [1.165, 1.54) is 12.1 Å². The van der Waals surface area contributed by atoms with Crippen molar-refractivity contribution in [1.82, 2.24) is 0 Å².